The Hall–Kier alpha value is -6.19. The number of nitrogens with one attached hydrogen (secondary N) is 3. The van der Waals surface area contributed by atoms with Crippen LogP contribution in [0.3, 0.4) is 0 Å². The molecule has 3 N–H and O–H groups in total. The van der Waals surface area contributed by atoms with Gasteiger partial charge in [0.1, 0.15) is 23.5 Å². The van der Waals surface area contributed by atoms with Crippen LogP contribution in [0.5, 0.6) is 0 Å². The number of para-hydroxylation sites is 1. The number of benzene rings is 3. The number of aryl methyl sites for hydroxylation is 2. The van der Waals surface area contributed by atoms with Gasteiger partial charge in [-0.1, -0.05) is 37.3 Å². The minimum Gasteiger partial charge on any atom is -0.464 e. The Morgan fingerprint density at radius 3 is 2.21 bits per heavy atom. The summed E-state index contributed by atoms with van der Waals surface area (Å²) in [6.45, 7) is 11.7. The van der Waals surface area contributed by atoms with E-state index >= 15 is 0 Å². The molecule has 0 saturated carbocycles. The smallest absolute Gasteiger partial charge is 0.308 e. The Labute approximate surface area is 366 Å². The molecule has 2 aromatic heterocycles. The van der Waals surface area contributed by atoms with Crippen LogP contribution in [-0.2, 0) is 14.3 Å². The standard InChI is InChI=1S/C47H55N9O5S/c1-8-40(57)55-28(2)26-37(36-12-9-10-13-39(36)55)50-35-20-18-34(19-21-35)46(60)49-23-11-22-48-45(59)33-16-14-32(15-17-33)43-42-29(3)30(4)62-47(42)56-31(5)52-53-44(56)38(51-43)27-41(58)61-25-24-54(6)7/h9-10,12-21,28,37-38,50H,8,11,22-27H2,1-7H3,(H,48,59)(H,49,60)/t28-,37+,38-/m0/s1. The van der Waals surface area contributed by atoms with Crippen molar-refractivity contribution in [1.82, 2.24) is 30.3 Å². The van der Waals surface area contributed by atoms with E-state index < -0.39 is 6.04 Å². The van der Waals surface area contributed by atoms with E-state index in [9.17, 15) is 19.2 Å². The number of esters is 1. The molecular formula is C47H55N9O5S. The van der Waals surface area contributed by atoms with Gasteiger partial charge in [0.15, 0.2) is 5.82 Å². The fourth-order valence-corrected chi connectivity index (χ4v) is 9.19. The van der Waals surface area contributed by atoms with Crippen molar-refractivity contribution in [1.29, 1.82) is 0 Å². The summed E-state index contributed by atoms with van der Waals surface area (Å²) in [5.74, 6) is 0.619. The number of fused-ring (bicyclic) bond motifs is 4. The first kappa shape index (κ1) is 43.9. The molecular weight excluding hydrogens is 803 g/mol. The van der Waals surface area contributed by atoms with Crippen LogP contribution in [0.25, 0.3) is 5.00 Å². The van der Waals surface area contributed by atoms with E-state index in [2.05, 4.69) is 53.0 Å². The number of hydrogen-bond donors (Lipinski definition) is 3. The van der Waals surface area contributed by atoms with Gasteiger partial charge in [-0.2, -0.15) is 0 Å². The Bertz CT molecular complexity index is 2470. The molecule has 2 aliphatic rings. The highest BCUT2D eigenvalue weighted by molar-refractivity contribution is 7.15. The number of carbonyl (C=O) groups excluding carboxylic acids is 4. The van der Waals surface area contributed by atoms with Crippen molar-refractivity contribution < 1.29 is 23.9 Å². The van der Waals surface area contributed by atoms with Gasteiger partial charge in [0, 0.05) is 70.6 Å². The summed E-state index contributed by atoms with van der Waals surface area (Å²) in [4.78, 5) is 62.1. The summed E-state index contributed by atoms with van der Waals surface area (Å²) in [5.41, 5.74) is 7.49. The molecule has 0 spiro atoms. The largest absolute Gasteiger partial charge is 0.464 e. The second kappa shape index (κ2) is 19.2. The number of aromatic nitrogens is 3. The quantitative estimate of drug-likeness (QED) is 0.0753. The van der Waals surface area contributed by atoms with Gasteiger partial charge < -0.3 is 30.5 Å². The van der Waals surface area contributed by atoms with Crippen LogP contribution in [0, 0.1) is 20.8 Å². The number of likely N-dealkylation sites (N-methyl/N-ethyl adjacent to an activating group) is 1. The molecule has 2 aliphatic heterocycles. The molecule has 5 aromatic rings. The molecule has 3 aromatic carbocycles. The van der Waals surface area contributed by atoms with E-state index in [0.29, 0.717) is 61.0 Å². The number of thiophene rings is 1. The lowest BCUT2D eigenvalue weighted by Gasteiger charge is -2.40. The summed E-state index contributed by atoms with van der Waals surface area (Å²) < 4.78 is 7.55. The zero-order valence-corrected chi connectivity index (χ0v) is 37.3. The maximum absolute atomic E-state index is 13.2. The third-order valence-electron chi connectivity index (χ3n) is 11.4. The van der Waals surface area contributed by atoms with Gasteiger partial charge >= 0.3 is 5.97 Å². The Morgan fingerprint density at radius 1 is 0.887 bits per heavy atom. The molecule has 0 fully saturated rings. The number of nitrogens with zero attached hydrogens (tertiary/aromatic N) is 6. The van der Waals surface area contributed by atoms with E-state index in [1.807, 2.05) is 84.8 Å². The molecule has 0 unspecified atom stereocenters. The SMILES string of the molecule is CCC(=O)N1c2ccccc2[C@H](Nc2ccc(C(=O)NCCCNC(=O)c3ccc(C4=N[C@@H](CC(=O)OCCN(C)C)c5nnc(C)n5-c5sc(C)c(C)c54)cc3)cc2)C[C@@H]1C. The van der Waals surface area contributed by atoms with Crippen molar-refractivity contribution in [2.75, 3.05) is 50.6 Å². The summed E-state index contributed by atoms with van der Waals surface area (Å²) >= 11 is 1.63. The summed E-state index contributed by atoms with van der Waals surface area (Å²) in [5, 5.41) is 19.3. The first-order valence-electron chi connectivity index (χ1n) is 21.2. The van der Waals surface area contributed by atoms with Crippen molar-refractivity contribution in [2.45, 2.75) is 78.4 Å². The second-order valence-electron chi connectivity index (χ2n) is 16.1. The van der Waals surface area contributed by atoms with Crippen molar-refractivity contribution in [3.8, 4) is 5.00 Å². The number of aliphatic imine (C=N–C) groups is 1. The number of ether oxygens (including phenoxy) is 1. The van der Waals surface area contributed by atoms with Gasteiger partial charge in [-0.25, -0.2) is 0 Å². The van der Waals surface area contributed by atoms with Gasteiger partial charge in [0.25, 0.3) is 11.8 Å². The average molecular weight is 858 g/mol. The lowest BCUT2D eigenvalue weighted by atomic mass is 9.91. The Balaban J connectivity index is 0.936. The summed E-state index contributed by atoms with van der Waals surface area (Å²) in [6.07, 6.45) is 1.77. The van der Waals surface area contributed by atoms with Gasteiger partial charge in [-0.05, 0) is 108 Å². The molecule has 324 valence electrons. The van der Waals surface area contributed by atoms with Crippen LogP contribution in [-0.4, -0.2) is 95.4 Å². The molecule has 14 nitrogen and oxygen atoms in total. The maximum Gasteiger partial charge on any atom is 0.308 e. The lowest BCUT2D eigenvalue weighted by molar-refractivity contribution is -0.144. The molecule has 62 heavy (non-hydrogen) atoms. The van der Waals surface area contributed by atoms with Crippen LogP contribution < -0.4 is 20.9 Å². The van der Waals surface area contributed by atoms with Gasteiger partial charge in [0.2, 0.25) is 5.91 Å². The molecule has 0 aliphatic carbocycles. The highest BCUT2D eigenvalue weighted by Gasteiger charge is 2.34. The normalized spacial score (nSPS) is 16.7. The number of rotatable bonds is 15. The topological polar surface area (TPSA) is 163 Å². The van der Waals surface area contributed by atoms with E-state index in [1.165, 1.54) is 0 Å². The molecule has 15 heteroatoms. The molecule has 4 heterocycles. The second-order valence-corrected chi connectivity index (χ2v) is 17.3. The van der Waals surface area contributed by atoms with Crippen LogP contribution in [0.15, 0.2) is 77.8 Å². The summed E-state index contributed by atoms with van der Waals surface area (Å²) in [6, 6.07) is 22.2. The van der Waals surface area contributed by atoms with Crippen LogP contribution in [0.4, 0.5) is 11.4 Å². The number of carbonyl (C=O) groups is 4. The van der Waals surface area contributed by atoms with Crippen molar-refractivity contribution >= 4 is 52.1 Å². The number of anilines is 2. The Morgan fingerprint density at radius 2 is 1.55 bits per heavy atom. The highest BCUT2D eigenvalue weighted by atomic mass is 32.1. The molecule has 0 bridgehead atoms. The van der Waals surface area contributed by atoms with Crippen molar-refractivity contribution in [2.24, 2.45) is 4.99 Å². The fraction of sp³-hybridized carbons (Fsp3) is 0.383. The molecule has 0 radical (unpaired) electrons. The number of amides is 3. The monoisotopic (exact) mass is 857 g/mol. The van der Waals surface area contributed by atoms with E-state index in [0.717, 1.165) is 49.9 Å². The van der Waals surface area contributed by atoms with E-state index in [1.54, 1.807) is 35.6 Å². The minimum atomic E-state index is -0.626. The zero-order chi connectivity index (χ0) is 44.1. The third-order valence-corrected chi connectivity index (χ3v) is 12.6. The van der Waals surface area contributed by atoms with E-state index in [-0.39, 0.29) is 48.8 Å². The van der Waals surface area contributed by atoms with Crippen molar-refractivity contribution in [3.63, 3.8) is 0 Å². The van der Waals surface area contributed by atoms with Crippen molar-refractivity contribution in [3.05, 3.63) is 123 Å². The van der Waals surface area contributed by atoms with Crippen LogP contribution in [0.1, 0.15) is 111 Å². The van der Waals surface area contributed by atoms with Crippen LogP contribution >= 0.6 is 11.3 Å². The molecule has 0 saturated heterocycles. The van der Waals surface area contributed by atoms with E-state index in [4.69, 9.17) is 9.73 Å². The third kappa shape index (κ3) is 9.48. The first-order chi connectivity index (χ1) is 29.8. The highest BCUT2D eigenvalue weighted by Crippen LogP contribution is 2.41. The fourth-order valence-electron chi connectivity index (χ4n) is 7.98. The number of hydrogen-bond acceptors (Lipinski definition) is 11. The molecule has 3 amide bonds. The summed E-state index contributed by atoms with van der Waals surface area (Å²) in [7, 11) is 3.85. The Kier molecular flexibility index (Phi) is 13.6. The lowest BCUT2D eigenvalue weighted by Crippen LogP contribution is -2.44. The molecule has 7 rings (SSSR count). The first-order valence-corrected chi connectivity index (χ1v) is 22.0. The average Bonchev–Trinajstić information content (AvgIpc) is 3.74. The van der Waals surface area contributed by atoms with Gasteiger partial charge in [-0.3, -0.25) is 28.7 Å². The zero-order valence-electron chi connectivity index (χ0n) is 36.4. The maximum atomic E-state index is 13.2. The predicted octanol–water partition coefficient (Wildman–Crippen LogP) is 6.88. The van der Waals surface area contributed by atoms with Gasteiger partial charge in [-0.15, -0.1) is 21.5 Å². The van der Waals surface area contributed by atoms with Gasteiger partial charge in [0.05, 0.1) is 18.2 Å². The minimum absolute atomic E-state index is 0.00630. The predicted molar refractivity (Wildman–Crippen MR) is 243 cm³/mol. The molecule has 3 atom stereocenters. The van der Waals surface area contributed by atoms with Crippen LogP contribution in [0.2, 0.25) is 0 Å².